The van der Waals surface area contributed by atoms with Crippen LogP contribution in [0.15, 0.2) is 12.1 Å². The van der Waals surface area contributed by atoms with Crippen molar-refractivity contribution in [2.75, 3.05) is 26.2 Å². The van der Waals surface area contributed by atoms with Crippen molar-refractivity contribution >= 4 is 12.4 Å². The Morgan fingerprint density at radius 1 is 1.04 bits per heavy atom. The maximum atomic E-state index is 14.3. The van der Waals surface area contributed by atoms with Gasteiger partial charge in [-0.25, -0.2) is 4.39 Å². The second kappa shape index (κ2) is 8.09. The zero-order valence-electron chi connectivity index (χ0n) is 13.3. The van der Waals surface area contributed by atoms with E-state index >= 15 is 0 Å². The van der Waals surface area contributed by atoms with Crippen molar-refractivity contribution in [3.8, 4) is 0 Å². The van der Waals surface area contributed by atoms with E-state index in [1.54, 1.807) is 11.8 Å². The molecule has 0 spiro atoms. The molecule has 2 rings (SSSR count). The molecular weight excluding hydrogens is 377 g/mol. The summed E-state index contributed by atoms with van der Waals surface area (Å²) in [5.74, 6) is -1.47. The minimum Gasteiger partial charge on any atom is -0.314 e. The number of piperazine rings is 1. The molecule has 0 aromatic heterocycles. The van der Waals surface area contributed by atoms with E-state index in [1.165, 1.54) is 0 Å². The lowest BCUT2D eigenvalue weighted by Crippen LogP contribution is -2.45. The lowest BCUT2D eigenvalue weighted by molar-refractivity contribution is -0.144. The van der Waals surface area contributed by atoms with Crippen LogP contribution in [0, 0.1) is 5.82 Å². The van der Waals surface area contributed by atoms with Gasteiger partial charge in [-0.15, -0.1) is 12.4 Å². The fourth-order valence-corrected chi connectivity index (χ4v) is 2.99. The highest BCUT2D eigenvalue weighted by molar-refractivity contribution is 5.85. The normalized spacial score (nSPS) is 17.9. The van der Waals surface area contributed by atoms with Crippen LogP contribution in [-0.2, 0) is 12.4 Å². The fraction of sp³-hybridized carbons (Fsp3) is 0.600. The van der Waals surface area contributed by atoms with E-state index in [-0.39, 0.29) is 31.0 Å². The molecule has 1 fully saturated rings. The van der Waals surface area contributed by atoms with Crippen molar-refractivity contribution in [1.82, 2.24) is 10.2 Å². The number of nitrogens with zero attached hydrogens (tertiary/aromatic N) is 1. The number of alkyl halides is 6. The van der Waals surface area contributed by atoms with Crippen LogP contribution >= 0.6 is 12.4 Å². The minimum atomic E-state index is -5.07. The van der Waals surface area contributed by atoms with E-state index in [4.69, 9.17) is 0 Å². The molecule has 1 heterocycles. The topological polar surface area (TPSA) is 15.3 Å². The molecule has 1 N–H and O–H groups in total. The van der Waals surface area contributed by atoms with Crippen molar-refractivity contribution in [3.63, 3.8) is 0 Å². The Hall–Kier alpha value is -1.06. The molecular formula is C15H18ClF7N2. The molecule has 10 heteroatoms. The molecule has 2 nitrogen and oxygen atoms in total. The molecule has 1 aromatic carbocycles. The molecule has 0 amide bonds. The molecule has 0 bridgehead atoms. The maximum Gasteiger partial charge on any atom is 0.416 e. The summed E-state index contributed by atoms with van der Waals surface area (Å²) in [5, 5.41) is 3.03. The summed E-state index contributed by atoms with van der Waals surface area (Å²) in [5.41, 5.74) is -3.90. The Morgan fingerprint density at radius 2 is 1.60 bits per heavy atom. The Morgan fingerprint density at radius 3 is 2.04 bits per heavy atom. The van der Waals surface area contributed by atoms with Gasteiger partial charge in [-0.1, -0.05) is 6.92 Å². The van der Waals surface area contributed by atoms with Gasteiger partial charge in [-0.05, 0) is 18.6 Å². The summed E-state index contributed by atoms with van der Waals surface area (Å²) >= 11 is 0. The monoisotopic (exact) mass is 394 g/mol. The van der Waals surface area contributed by atoms with Crippen molar-refractivity contribution < 1.29 is 30.7 Å². The number of nitrogens with one attached hydrogen (secondary N) is 1. The van der Waals surface area contributed by atoms with Crippen LogP contribution < -0.4 is 5.32 Å². The molecule has 1 atom stereocenters. The first kappa shape index (κ1) is 22.0. The number of hydrogen-bond donors (Lipinski definition) is 1. The summed E-state index contributed by atoms with van der Waals surface area (Å²) in [6.07, 6.45) is -9.96. The van der Waals surface area contributed by atoms with Gasteiger partial charge in [-0.2, -0.15) is 26.3 Å². The molecule has 0 aliphatic carbocycles. The van der Waals surface area contributed by atoms with E-state index in [1.807, 2.05) is 0 Å². The second-order valence-corrected chi connectivity index (χ2v) is 5.62. The third-order valence-corrected chi connectivity index (χ3v) is 4.07. The second-order valence-electron chi connectivity index (χ2n) is 5.62. The highest BCUT2D eigenvalue weighted by Crippen LogP contribution is 2.42. The van der Waals surface area contributed by atoms with Crippen LogP contribution in [0.4, 0.5) is 30.7 Å². The van der Waals surface area contributed by atoms with Crippen LogP contribution in [-0.4, -0.2) is 31.1 Å². The molecule has 144 valence electrons. The average Bonchev–Trinajstić information content (AvgIpc) is 2.48. The third-order valence-electron chi connectivity index (χ3n) is 4.07. The summed E-state index contributed by atoms with van der Waals surface area (Å²) in [4.78, 5) is 1.66. The van der Waals surface area contributed by atoms with Gasteiger partial charge < -0.3 is 5.32 Å². The Balaban J connectivity index is 0.00000312. The predicted molar refractivity (Wildman–Crippen MR) is 81.1 cm³/mol. The molecule has 1 aliphatic rings. The highest BCUT2D eigenvalue weighted by atomic mass is 35.5. The van der Waals surface area contributed by atoms with Gasteiger partial charge in [0.15, 0.2) is 0 Å². The summed E-state index contributed by atoms with van der Waals surface area (Å²) in [6.45, 7) is 3.44. The van der Waals surface area contributed by atoms with E-state index < -0.39 is 40.9 Å². The van der Waals surface area contributed by atoms with Crippen molar-refractivity contribution in [3.05, 3.63) is 34.6 Å². The lowest BCUT2D eigenvalue weighted by Gasteiger charge is -2.36. The highest BCUT2D eigenvalue weighted by Gasteiger charge is 2.42. The molecule has 1 aliphatic heterocycles. The van der Waals surface area contributed by atoms with Gasteiger partial charge in [-0.3, -0.25) is 4.90 Å². The SMILES string of the molecule is CC[C@H](c1c(F)cc(C(F)(F)F)cc1C(F)(F)F)N1CCNCC1.Cl. The number of halogens is 8. The van der Waals surface area contributed by atoms with Crippen LogP contribution in [0.2, 0.25) is 0 Å². The summed E-state index contributed by atoms with van der Waals surface area (Å²) in [6, 6.07) is -0.774. The van der Waals surface area contributed by atoms with Crippen LogP contribution in [0.1, 0.15) is 36.1 Å². The van der Waals surface area contributed by atoms with Gasteiger partial charge >= 0.3 is 12.4 Å². The first-order valence-corrected chi connectivity index (χ1v) is 7.48. The average molecular weight is 395 g/mol. The van der Waals surface area contributed by atoms with E-state index in [9.17, 15) is 30.7 Å². The fourth-order valence-electron chi connectivity index (χ4n) is 2.99. The smallest absolute Gasteiger partial charge is 0.314 e. The summed E-state index contributed by atoms with van der Waals surface area (Å²) < 4.78 is 92.5. The van der Waals surface area contributed by atoms with E-state index in [2.05, 4.69) is 5.32 Å². The summed E-state index contributed by atoms with van der Waals surface area (Å²) in [7, 11) is 0. The standard InChI is InChI=1S/C15H17F7N2.ClH/c1-2-12(24-5-3-23-4-6-24)13-10(15(20,21)22)7-9(8-11(13)16)14(17,18)19;/h7-8,12,23H,2-6H2,1H3;1H/t12-;/m1./s1. The Bertz CT molecular complexity index is 580. The van der Waals surface area contributed by atoms with E-state index in [0.29, 0.717) is 26.2 Å². The van der Waals surface area contributed by atoms with Crippen LogP contribution in [0.25, 0.3) is 0 Å². The van der Waals surface area contributed by atoms with E-state index in [0.717, 1.165) is 0 Å². The quantitative estimate of drug-likeness (QED) is 0.751. The number of rotatable bonds is 3. The van der Waals surface area contributed by atoms with Gasteiger partial charge in [0.2, 0.25) is 0 Å². The van der Waals surface area contributed by atoms with Crippen LogP contribution in [0.3, 0.4) is 0 Å². The third kappa shape index (κ3) is 4.98. The van der Waals surface area contributed by atoms with Gasteiger partial charge in [0, 0.05) is 37.8 Å². The molecule has 25 heavy (non-hydrogen) atoms. The first-order valence-electron chi connectivity index (χ1n) is 7.48. The number of hydrogen-bond acceptors (Lipinski definition) is 2. The van der Waals surface area contributed by atoms with Crippen LogP contribution in [0.5, 0.6) is 0 Å². The largest absolute Gasteiger partial charge is 0.416 e. The zero-order chi connectivity index (χ0) is 18.1. The number of benzene rings is 1. The van der Waals surface area contributed by atoms with Crippen molar-refractivity contribution in [2.24, 2.45) is 0 Å². The predicted octanol–water partition coefficient (Wildman–Crippen LogP) is 4.64. The first-order chi connectivity index (χ1) is 11.1. The van der Waals surface area contributed by atoms with Crippen molar-refractivity contribution in [2.45, 2.75) is 31.7 Å². The molecule has 1 saturated heterocycles. The van der Waals surface area contributed by atoms with Gasteiger partial charge in [0.1, 0.15) is 5.82 Å². The molecule has 0 unspecified atom stereocenters. The molecule has 1 aromatic rings. The van der Waals surface area contributed by atoms with Gasteiger partial charge in [0.25, 0.3) is 0 Å². The molecule has 0 saturated carbocycles. The Labute approximate surface area is 146 Å². The molecule has 0 radical (unpaired) electrons. The zero-order valence-corrected chi connectivity index (χ0v) is 14.1. The Kier molecular flexibility index (Phi) is 7.12. The maximum absolute atomic E-state index is 14.3. The van der Waals surface area contributed by atoms with Crippen molar-refractivity contribution in [1.29, 1.82) is 0 Å². The minimum absolute atomic E-state index is 0. The van der Waals surface area contributed by atoms with Gasteiger partial charge in [0.05, 0.1) is 11.1 Å². The lowest BCUT2D eigenvalue weighted by atomic mass is 9.93.